The zero-order valence-corrected chi connectivity index (χ0v) is 18.2. The standard InChI is InChI=1S/C24H28N2O5/c1-4-5-6-11-26-21(19-9-7-15(2)31-19)20(23(28)24(26)29)22(27)16-8-10-18-17(14-16)25(3)12-13-30-18/h7-10,14,21,27H,4-6,11-13H2,1-3H3/b22-20-. The molecular weight excluding hydrogens is 396 g/mol. The van der Waals surface area contributed by atoms with Gasteiger partial charge in [0.15, 0.2) is 0 Å². The summed E-state index contributed by atoms with van der Waals surface area (Å²) in [7, 11) is 1.95. The highest BCUT2D eigenvalue weighted by atomic mass is 16.5. The van der Waals surface area contributed by atoms with Crippen molar-refractivity contribution in [2.24, 2.45) is 0 Å². The van der Waals surface area contributed by atoms with Gasteiger partial charge in [0.2, 0.25) is 0 Å². The van der Waals surface area contributed by atoms with E-state index in [1.165, 1.54) is 4.90 Å². The minimum atomic E-state index is -0.740. The van der Waals surface area contributed by atoms with Crippen molar-refractivity contribution >= 4 is 23.1 Å². The van der Waals surface area contributed by atoms with Gasteiger partial charge in [-0.05, 0) is 43.7 Å². The predicted molar refractivity (Wildman–Crippen MR) is 117 cm³/mol. The Morgan fingerprint density at radius 2 is 2.00 bits per heavy atom. The molecule has 1 N–H and O–H groups in total. The maximum atomic E-state index is 13.0. The molecule has 2 aromatic rings. The number of likely N-dealkylation sites (N-methyl/N-ethyl adjacent to an activating group) is 1. The molecule has 1 atom stereocenters. The van der Waals surface area contributed by atoms with Gasteiger partial charge in [0, 0.05) is 19.2 Å². The number of aliphatic hydroxyl groups is 1. The first-order chi connectivity index (χ1) is 14.9. The number of hydrogen-bond donors (Lipinski definition) is 1. The van der Waals surface area contributed by atoms with Gasteiger partial charge >= 0.3 is 0 Å². The van der Waals surface area contributed by atoms with Crippen molar-refractivity contribution < 1.29 is 23.8 Å². The van der Waals surface area contributed by atoms with E-state index in [0.29, 0.717) is 30.2 Å². The number of ether oxygens (including phenoxy) is 1. The maximum Gasteiger partial charge on any atom is 0.295 e. The number of rotatable bonds is 6. The predicted octanol–water partition coefficient (Wildman–Crippen LogP) is 4.03. The monoisotopic (exact) mass is 424 g/mol. The van der Waals surface area contributed by atoms with Crippen LogP contribution in [0.15, 0.2) is 40.3 Å². The van der Waals surface area contributed by atoms with Crippen LogP contribution in [0, 0.1) is 6.92 Å². The minimum Gasteiger partial charge on any atom is -0.507 e. The van der Waals surface area contributed by atoms with Gasteiger partial charge in [0.1, 0.15) is 35.7 Å². The van der Waals surface area contributed by atoms with Gasteiger partial charge in [-0.15, -0.1) is 0 Å². The topological polar surface area (TPSA) is 83.2 Å². The molecule has 1 fully saturated rings. The molecule has 1 saturated heterocycles. The van der Waals surface area contributed by atoms with Gasteiger partial charge in [0.05, 0.1) is 17.8 Å². The van der Waals surface area contributed by atoms with Crippen LogP contribution in [0.5, 0.6) is 5.75 Å². The number of Topliss-reactive ketones (excluding diaryl/α,β-unsaturated/α-hetero) is 1. The Bertz CT molecular complexity index is 1040. The van der Waals surface area contributed by atoms with Crippen LogP contribution < -0.4 is 9.64 Å². The zero-order chi connectivity index (χ0) is 22.1. The van der Waals surface area contributed by atoms with E-state index in [9.17, 15) is 14.7 Å². The van der Waals surface area contributed by atoms with E-state index in [4.69, 9.17) is 9.15 Å². The number of hydrogen-bond acceptors (Lipinski definition) is 6. The average Bonchev–Trinajstić information content (AvgIpc) is 3.29. The van der Waals surface area contributed by atoms with Crippen LogP contribution in [-0.4, -0.2) is 48.4 Å². The molecule has 0 saturated carbocycles. The van der Waals surface area contributed by atoms with E-state index in [1.54, 1.807) is 30.3 Å². The number of likely N-dealkylation sites (tertiary alicyclic amines) is 1. The summed E-state index contributed by atoms with van der Waals surface area (Å²) in [4.78, 5) is 29.5. The number of ketones is 1. The Balaban J connectivity index is 1.80. The molecule has 2 aliphatic rings. The molecule has 31 heavy (non-hydrogen) atoms. The number of carbonyl (C=O) groups excluding carboxylic acids is 2. The fraction of sp³-hybridized carbons (Fsp3) is 0.417. The molecule has 1 aromatic carbocycles. The summed E-state index contributed by atoms with van der Waals surface area (Å²) < 4.78 is 11.5. The first kappa shape index (κ1) is 21.0. The summed E-state index contributed by atoms with van der Waals surface area (Å²) >= 11 is 0. The van der Waals surface area contributed by atoms with Crippen LogP contribution in [0.4, 0.5) is 5.69 Å². The summed E-state index contributed by atoms with van der Waals surface area (Å²) in [6.07, 6.45) is 2.73. The number of furan rings is 1. The molecule has 0 radical (unpaired) electrons. The molecule has 164 valence electrons. The van der Waals surface area contributed by atoms with E-state index in [-0.39, 0.29) is 11.3 Å². The highest BCUT2D eigenvalue weighted by Gasteiger charge is 2.47. The number of nitrogens with zero attached hydrogens (tertiary/aromatic N) is 2. The lowest BCUT2D eigenvalue weighted by Crippen LogP contribution is -2.30. The van der Waals surface area contributed by atoms with Crippen LogP contribution in [0.1, 0.15) is 49.3 Å². The second-order valence-corrected chi connectivity index (χ2v) is 8.10. The van der Waals surface area contributed by atoms with Crippen molar-refractivity contribution in [1.29, 1.82) is 0 Å². The fourth-order valence-electron chi connectivity index (χ4n) is 4.19. The lowest BCUT2D eigenvalue weighted by Gasteiger charge is -2.28. The SMILES string of the molecule is CCCCCN1C(=O)C(=O)/C(=C(\O)c2ccc3c(c2)N(C)CCO3)C1c1ccc(C)o1. The molecule has 4 rings (SSSR count). The summed E-state index contributed by atoms with van der Waals surface area (Å²) in [6.45, 7) is 5.64. The van der Waals surface area contributed by atoms with Crippen LogP contribution in [0.2, 0.25) is 0 Å². The molecule has 3 heterocycles. The maximum absolute atomic E-state index is 13.0. The van der Waals surface area contributed by atoms with Gasteiger partial charge in [0.25, 0.3) is 11.7 Å². The smallest absolute Gasteiger partial charge is 0.295 e. The Morgan fingerprint density at radius 3 is 2.71 bits per heavy atom. The summed E-state index contributed by atoms with van der Waals surface area (Å²) in [5, 5.41) is 11.2. The summed E-state index contributed by atoms with van der Waals surface area (Å²) in [5.41, 5.74) is 1.36. The largest absolute Gasteiger partial charge is 0.507 e. The van der Waals surface area contributed by atoms with Gasteiger partial charge in [-0.2, -0.15) is 0 Å². The first-order valence-electron chi connectivity index (χ1n) is 10.8. The second-order valence-electron chi connectivity index (χ2n) is 8.10. The first-order valence-corrected chi connectivity index (χ1v) is 10.8. The molecule has 1 aromatic heterocycles. The number of aryl methyl sites for hydroxylation is 1. The van der Waals surface area contributed by atoms with E-state index in [2.05, 4.69) is 6.92 Å². The van der Waals surface area contributed by atoms with Gasteiger partial charge in [-0.3, -0.25) is 9.59 Å². The molecule has 0 aliphatic carbocycles. The molecule has 7 nitrogen and oxygen atoms in total. The quantitative estimate of drug-likeness (QED) is 0.326. The highest BCUT2D eigenvalue weighted by molar-refractivity contribution is 6.46. The number of benzene rings is 1. The Kier molecular flexibility index (Phi) is 5.76. The van der Waals surface area contributed by atoms with Crippen LogP contribution in [-0.2, 0) is 9.59 Å². The summed E-state index contributed by atoms with van der Waals surface area (Å²) in [6, 6.07) is 8.10. The molecule has 1 unspecified atom stereocenters. The van der Waals surface area contributed by atoms with Crippen molar-refractivity contribution in [2.75, 3.05) is 31.6 Å². The average molecular weight is 424 g/mol. The number of fused-ring (bicyclic) bond motifs is 1. The number of anilines is 1. The third-order valence-corrected chi connectivity index (χ3v) is 5.90. The molecule has 1 amide bonds. The van der Waals surface area contributed by atoms with Crippen LogP contribution in [0.3, 0.4) is 0 Å². The third kappa shape index (κ3) is 3.80. The number of amides is 1. The Hall–Kier alpha value is -3.22. The minimum absolute atomic E-state index is 0.0650. The van der Waals surface area contributed by atoms with Crippen molar-refractivity contribution in [3.05, 3.63) is 53.0 Å². The molecule has 7 heteroatoms. The van der Waals surface area contributed by atoms with Gasteiger partial charge in [-0.25, -0.2) is 0 Å². The number of aliphatic hydroxyl groups excluding tert-OH is 1. The van der Waals surface area contributed by atoms with Gasteiger partial charge in [-0.1, -0.05) is 19.8 Å². The molecule has 0 spiro atoms. The molecule has 0 bridgehead atoms. The zero-order valence-electron chi connectivity index (χ0n) is 18.2. The Morgan fingerprint density at radius 1 is 1.19 bits per heavy atom. The summed E-state index contributed by atoms with van der Waals surface area (Å²) in [5.74, 6) is 0.404. The van der Waals surface area contributed by atoms with Crippen molar-refractivity contribution in [2.45, 2.75) is 39.2 Å². The van der Waals surface area contributed by atoms with Crippen molar-refractivity contribution in [3.8, 4) is 5.75 Å². The van der Waals surface area contributed by atoms with Gasteiger partial charge < -0.3 is 24.1 Å². The fourth-order valence-corrected chi connectivity index (χ4v) is 4.19. The van der Waals surface area contributed by atoms with E-state index in [0.717, 1.165) is 37.2 Å². The van der Waals surface area contributed by atoms with Crippen molar-refractivity contribution in [3.63, 3.8) is 0 Å². The molecular formula is C24H28N2O5. The van der Waals surface area contributed by atoms with Crippen LogP contribution in [0.25, 0.3) is 5.76 Å². The number of unbranched alkanes of at least 4 members (excludes halogenated alkanes) is 2. The Labute approximate surface area is 181 Å². The van der Waals surface area contributed by atoms with Crippen LogP contribution >= 0.6 is 0 Å². The second kappa shape index (κ2) is 8.49. The molecule has 2 aliphatic heterocycles. The normalized spacial score (nSPS) is 20.2. The van der Waals surface area contributed by atoms with Crippen molar-refractivity contribution in [1.82, 2.24) is 4.90 Å². The number of carbonyl (C=O) groups is 2. The van der Waals surface area contributed by atoms with E-state index < -0.39 is 17.7 Å². The van der Waals surface area contributed by atoms with E-state index in [1.807, 2.05) is 18.9 Å². The highest BCUT2D eigenvalue weighted by Crippen LogP contribution is 2.41. The van der Waals surface area contributed by atoms with E-state index >= 15 is 0 Å². The lowest BCUT2D eigenvalue weighted by atomic mass is 9.98. The third-order valence-electron chi connectivity index (χ3n) is 5.90. The lowest BCUT2D eigenvalue weighted by molar-refractivity contribution is -0.140.